The Labute approximate surface area is 344 Å². The van der Waals surface area contributed by atoms with Crippen LogP contribution in [0.3, 0.4) is 0 Å². The van der Waals surface area contributed by atoms with Crippen LogP contribution in [0.25, 0.3) is 0 Å². The molecular formula is C50H48O6P2. The lowest BCUT2D eigenvalue weighted by Gasteiger charge is -2.42. The standard InChI is InChI=1S/C50H48O6P2/c1-27-17-31(5)47-35(21-27)25-36-22-28(2)18-32(6)48(36)54-57(53-47)51-43-13-9-11-40-39-15-16-42(45(40)43)46-41(39)12-10-14-44(46)52-58-55-49-33(7)19-29(3)23-37(49)26-38-24-30(4)20-34(8)50(38)56-58/h9-14,17-24,39,42H,15-16,25-26H2,1-8H3. The van der Waals surface area contributed by atoms with Crippen molar-refractivity contribution in [1.82, 2.24) is 0 Å². The lowest BCUT2D eigenvalue weighted by Crippen LogP contribution is -2.26. The van der Waals surface area contributed by atoms with Gasteiger partial charge in [-0.3, -0.25) is 0 Å². The van der Waals surface area contributed by atoms with Crippen molar-refractivity contribution in [3.8, 4) is 34.5 Å². The van der Waals surface area contributed by atoms with Gasteiger partial charge in [-0.15, -0.1) is 0 Å². The van der Waals surface area contributed by atoms with E-state index in [1.165, 1.54) is 44.5 Å². The summed E-state index contributed by atoms with van der Waals surface area (Å²) in [5.41, 5.74) is 18.7. The zero-order valence-corrected chi connectivity index (χ0v) is 36.2. The van der Waals surface area contributed by atoms with Gasteiger partial charge >= 0.3 is 17.2 Å². The van der Waals surface area contributed by atoms with E-state index in [0.717, 1.165) is 105 Å². The molecule has 8 heteroatoms. The minimum absolute atomic E-state index is 0.0404. The van der Waals surface area contributed by atoms with Gasteiger partial charge in [-0.2, -0.15) is 0 Å². The molecule has 2 aliphatic heterocycles. The van der Waals surface area contributed by atoms with E-state index in [1.807, 2.05) is 0 Å². The minimum Gasteiger partial charge on any atom is -0.408 e. The van der Waals surface area contributed by atoms with E-state index in [-0.39, 0.29) is 11.8 Å². The van der Waals surface area contributed by atoms with E-state index in [2.05, 4.69) is 140 Å². The molecule has 0 fully saturated rings. The highest BCUT2D eigenvalue weighted by atomic mass is 31.2. The van der Waals surface area contributed by atoms with Gasteiger partial charge in [0.05, 0.1) is 0 Å². The molecule has 0 saturated carbocycles. The van der Waals surface area contributed by atoms with Gasteiger partial charge in [-0.25, -0.2) is 0 Å². The van der Waals surface area contributed by atoms with Gasteiger partial charge < -0.3 is 27.1 Å². The summed E-state index contributed by atoms with van der Waals surface area (Å²) in [5, 5.41) is 0. The Morgan fingerprint density at radius 2 is 0.759 bits per heavy atom. The van der Waals surface area contributed by atoms with E-state index in [4.69, 9.17) is 27.1 Å². The van der Waals surface area contributed by atoms with Crippen LogP contribution in [0.5, 0.6) is 34.5 Å². The predicted octanol–water partition coefficient (Wildman–Crippen LogP) is 13.9. The molecule has 0 unspecified atom stereocenters. The first-order valence-electron chi connectivity index (χ1n) is 20.3. The highest BCUT2D eigenvalue weighted by Crippen LogP contribution is 2.61. The lowest BCUT2D eigenvalue weighted by atomic mass is 9.63. The zero-order valence-electron chi connectivity index (χ0n) is 34.4. The average molecular weight is 807 g/mol. The largest absolute Gasteiger partial charge is 0.530 e. The van der Waals surface area contributed by atoms with Crippen molar-refractivity contribution >= 4 is 17.2 Å². The number of rotatable bonds is 4. The highest BCUT2D eigenvalue weighted by Gasteiger charge is 2.43. The summed E-state index contributed by atoms with van der Waals surface area (Å²) in [6.07, 6.45) is 3.48. The molecule has 0 saturated heterocycles. The van der Waals surface area contributed by atoms with Crippen molar-refractivity contribution in [3.05, 3.63) is 174 Å². The molecule has 3 aliphatic carbocycles. The number of hydrogen-bond acceptors (Lipinski definition) is 6. The number of fused-ring (bicyclic) bond motifs is 5. The van der Waals surface area contributed by atoms with E-state index in [0.29, 0.717) is 0 Å². The zero-order chi connectivity index (χ0) is 40.0. The molecule has 294 valence electrons. The van der Waals surface area contributed by atoms with Crippen molar-refractivity contribution < 1.29 is 27.1 Å². The Morgan fingerprint density at radius 3 is 1.10 bits per heavy atom. The second-order valence-corrected chi connectivity index (χ2v) is 18.8. The first-order valence-corrected chi connectivity index (χ1v) is 22.5. The Balaban J connectivity index is 1.03. The fourth-order valence-electron chi connectivity index (χ4n) is 10.1. The van der Waals surface area contributed by atoms with E-state index in [9.17, 15) is 0 Å². The quantitative estimate of drug-likeness (QED) is 0.165. The smallest absolute Gasteiger partial charge is 0.408 e. The van der Waals surface area contributed by atoms with Crippen LogP contribution in [-0.2, 0) is 12.8 Å². The Bertz CT molecular complexity index is 2370. The van der Waals surface area contributed by atoms with Crippen molar-refractivity contribution in [2.75, 3.05) is 0 Å². The monoisotopic (exact) mass is 806 g/mol. The van der Waals surface area contributed by atoms with Gasteiger partial charge in [0.15, 0.2) is 0 Å². The van der Waals surface area contributed by atoms with Crippen molar-refractivity contribution in [2.24, 2.45) is 0 Å². The summed E-state index contributed by atoms with van der Waals surface area (Å²) in [5.74, 6) is 5.20. The summed E-state index contributed by atoms with van der Waals surface area (Å²) in [6.45, 7) is 17.0. The fraction of sp³-hybridized carbons (Fsp3) is 0.280. The molecule has 0 spiro atoms. The van der Waals surface area contributed by atoms with Crippen LogP contribution in [0.15, 0.2) is 84.9 Å². The SMILES string of the molecule is Cc1cc(C)c2c(c1)Cc1cc(C)cc(C)c1OP(Oc1cccc3c1C1CCC3c3cccc(OP4Oc5c(C)cc(C)cc5Cc5cc(C)cc(C)c5O4)c31)O2. The number of benzene rings is 6. The Hall–Kier alpha value is -5.02. The molecule has 0 radical (unpaired) electrons. The molecule has 2 bridgehead atoms. The summed E-state index contributed by atoms with van der Waals surface area (Å²) >= 11 is 0. The lowest BCUT2D eigenvalue weighted by molar-refractivity contribution is 0.369. The molecule has 6 aromatic rings. The molecule has 0 aromatic heterocycles. The highest BCUT2D eigenvalue weighted by molar-refractivity contribution is 7.43. The van der Waals surface area contributed by atoms with Crippen LogP contribution in [0.4, 0.5) is 0 Å². The second-order valence-electron chi connectivity index (χ2n) is 16.8. The summed E-state index contributed by atoms with van der Waals surface area (Å²) in [7, 11) is -3.73. The van der Waals surface area contributed by atoms with Gasteiger partial charge in [-0.1, -0.05) is 95.1 Å². The van der Waals surface area contributed by atoms with Crippen molar-refractivity contribution in [2.45, 2.75) is 92.9 Å². The third kappa shape index (κ3) is 6.50. The molecule has 6 aromatic carbocycles. The number of aryl methyl sites for hydroxylation is 8. The Kier molecular flexibility index (Phi) is 9.23. The van der Waals surface area contributed by atoms with Crippen LogP contribution in [0.1, 0.15) is 114 Å². The first kappa shape index (κ1) is 37.3. The molecule has 0 N–H and O–H groups in total. The van der Waals surface area contributed by atoms with Gasteiger partial charge in [0.1, 0.15) is 34.5 Å². The van der Waals surface area contributed by atoms with Crippen molar-refractivity contribution in [3.63, 3.8) is 0 Å². The van der Waals surface area contributed by atoms with Crippen LogP contribution in [0, 0.1) is 55.4 Å². The molecule has 0 amide bonds. The first-order chi connectivity index (χ1) is 28.0. The maximum absolute atomic E-state index is 7.02. The molecule has 6 nitrogen and oxygen atoms in total. The summed E-state index contributed by atoms with van der Waals surface area (Å²) < 4.78 is 41.3. The topological polar surface area (TPSA) is 55.4 Å². The van der Waals surface area contributed by atoms with E-state index < -0.39 is 17.2 Å². The third-order valence-electron chi connectivity index (χ3n) is 12.1. The molecule has 2 heterocycles. The van der Waals surface area contributed by atoms with Crippen LogP contribution >= 0.6 is 17.2 Å². The number of hydrogen-bond donors (Lipinski definition) is 0. The molecule has 5 aliphatic rings. The van der Waals surface area contributed by atoms with Crippen LogP contribution in [0.2, 0.25) is 0 Å². The van der Waals surface area contributed by atoms with Gasteiger partial charge in [-0.05, 0) is 136 Å². The maximum Gasteiger partial charge on any atom is 0.530 e. The molecule has 58 heavy (non-hydrogen) atoms. The maximum atomic E-state index is 7.02. The fourth-order valence-corrected chi connectivity index (χ4v) is 12.6. The average Bonchev–Trinajstić information content (AvgIpc) is 3.15. The Morgan fingerprint density at radius 1 is 0.431 bits per heavy atom. The van der Waals surface area contributed by atoms with Gasteiger partial charge in [0, 0.05) is 35.8 Å². The minimum atomic E-state index is -1.86. The van der Waals surface area contributed by atoms with Crippen LogP contribution < -0.4 is 27.1 Å². The summed E-state index contributed by atoms with van der Waals surface area (Å²) in [4.78, 5) is 0. The third-order valence-corrected chi connectivity index (χ3v) is 14.2. The molecule has 0 atom stereocenters. The predicted molar refractivity (Wildman–Crippen MR) is 233 cm³/mol. The summed E-state index contributed by atoms with van der Waals surface area (Å²) in [6, 6.07) is 30.5. The normalized spacial score (nSPS) is 17.8. The van der Waals surface area contributed by atoms with E-state index >= 15 is 0 Å². The van der Waals surface area contributed by atoms with Crippen molar-refractivity contribution in [1.29, 1.82) is 0 Å². The van der Waals surface area contributed by atoms with E-state index in [1.54, 1.807) is 0 Å². The van der Waals surface area contributed by atoms with Gasteiger partial charge in [0.2, 0.25) is 0 Å². The van der Waals surface area contributed by atoms with Crippen LogP contribution in [-0.4, -0.2) is 0 Å². The second kappa shape index (κ2) is 14.4. The van der Waals surface area contributed by atoms with Gasteiger partial charge in [0.25, 0.3) is 0 Å². The molecule has 11 rings (SSSR count). The molecular weight excluding hydrogens is 758 g/mol.